The first-order valence-corrected chi connectivity index (χ1v) is 7.51. The highest BCUT2D eigenvalue weighted by atomic mass is 32.2. The van der Waals surface area contributed by atoms with E-state index in [2.05, 4.69) is 11.2 Å². The molecule has 1 aliphatic rings. The molecule has 0 amide bonds. The Morgan fingerprint density at radius 2 is 2.42 bits per heavy atom. The number of aromatic nitrogens is 2. The van der Waals surface area contributed by atoms with Crippen LogP contribution in [0.2, 0.25) is 0 Å². The van der Waals surface area contributed by atoms with Crippen molar-refractivity contribution in [3.63, 3.8) is 0 Å². The van der Waals surface area contributed by atoms with Crippen LogP contribution in [0, 0.1) is 0 Å². The second-order valence-electron chi connectivity index (χ2n) is 4.69. The number of rotatable bonds is 2. The van der Waals surface area contributed by atoms with Gasteiger partial charge >= 0.3 is 5.97 Å². The summed E-state index contributed by atoms with van der Waals surface area (Å²) in [5.74, 6) is 0.894. The lowest BCUT2D eigenvalue weighted by Gasteiger charge is -2.18. The van der Waals surface area contributed by atoms with Crippen molar-refractivity contribution >= 4 is 23.4 Å². The Balaban J connectivity index is 1.93. The molecule has 3 heterocycles. The molecule has 2 aromatic heterocycles. The number of imidazole rings is 1. The zero-order valence-electron chi connectivity index (χ0n) is 10.8. The second kappa shape index (κ2) is 5.25. The van der Waals surface area contributed by atoms with Gasteiger partial charge in [0.1, 0.15) is 5.65 Å². The summed E-state index contributed by atoms with van der Waals surface area (Å²) in [6.07, 6.45) is 7.71. The van der Waals surface area contributed by atoms with Crippen molar-refractivity contribution in [2.45, 2.75) is 24.5 Å². The molecule has 1 saturated heterocycles. The van der Waals surface area contributed by atoms with Gasteiger partial charge in [-0.25, -0.2) is 9.78 Å². The minimum atomic E-state index is -0.320. The average molecular weight is 276 g/mol. The molecule has 0 aliphatic carbocycles. The Bertz CT molecular complexity index is 603. The molecule has 0 aromatic carbocycles. The van der Waals surface area contributed by atoms with Gasteiger partial charge in [-0.1, -0.05) is 6.42 Å². The summed E-state index contributed by atoms with van der Waals surface area (Å²) in [6.45, 7) is 0. The summed E-state index contributed by atoms with van der Waals surface area (Å²) in [5.41, 5.74) is 2.47. The van der Waals surface area contributed by atoms with E-state index in [9.17, 15) is 4.79 Å². The zero-order valence-corrected chi connectivity index (χ0v) is 11.7. The number of carbonyl (C=O) groups excluding carboxylic acids is 1. The van der Waals surface area contributed by atoms with Crippen LogP contribution < -0.4 is 0 Å². The topological polar surface area (TPSA) is 43.6 Å². The predicted molar refractivity (Wildman–Crippen MR) is 75.6 cm³/mol. The fraction of sp³-hybridized carbons (Fsp3) is 0.429. The number of fused-ring (bicyclic) bond motifs is 1. The van der Waals surface area contributed by atoms with E-state index in [1.807, 2.05) is 22.4 Å². The Morgan fingerprint density at radius 1 is 1.53 bits per heavy atom. The first-order chi connectivity index (χ1) is 9.28. The number of hydrogen-bond acceptors (Lipinski definition) is 4. The maximum absolute atomic E-state index is 11.5. The SMILES string of the molecule is COC(=O)c1ccn2cc(C3CCCCS3)nc2c1. The van der Waals surface area contributed by atoms with E-state index >= 15 is 0 Å². The van der Waals surface area contributed by atoms with Crippen LogP contribution in [0.1, 0.15) is 40.6 Å². The molecule has 100 valence electrons. The minimum Gasteiger partial charge on any atom is -0.465 e. The van der Waals surface area contributed by atoms with Gasteiger partial charge in [0, 0.05) is 17.6 Å². The summed E-state index contributed by atoms with van der Waals surface area (Å²) in [7, 11) is 1.39. The lowest BCUT2D eigenvalue weighted by molar-refractivity contribution is 0.0600. The molecule has 0 spiro atoms. The molecule has 1 aliphatic heterocycles. The average Bonchev–Trinajstić information content (AvgIpc) is 2.90. The molecule has 2 aromatic rings. The van der Waals surface area contributed by atoms with E-state index in [1.165, 1.54) is 32.1 Å². The van der Waals surface area contributed by atoms with Crippen LogP contribution in [0.15, 0.2) is 24.5 Å². The number of hydrogen-bond donors (Lipinski definition) is 0. The van der Waals surface area contributed by atoms with Crippen LogP contribution in [0.5, 0.6) is 0 Å². The molecular weight excluding hydrogens is 260 g/mol. The molecule has 1 unspecified atom stereocenters. The number of carbonyl (C=O) groups is 1. The number of ether oxygens (including phenoxy) is 1. The lowest BCUT2D eigenvalue weighted by atomic mass is 10.1. The molecule has 0 radical (unpaired) electrons. The van der Waals surface area contributed by atoms with Crippen LogP contribution in [-0.4, -0.2) is 28.2 Å². The lowest BCUT2D eigenvalue weighted by Crippen LogP contribution is -2.02. The molecule has 1 atom stereocenters. The first-order valence-electron chi connectivity index (χ1n) is 6.46. The van der Waals surface area contributed by atoms with Gasteiger partial charge in [0.15, 0.2) is 0 Å². The summed E-state index contributed by atoms with van der Waals surface area (Å²) in [4.78, 5) is 16.2. The highest BCUT2D eigenvalue weighted by molar-refractivity contribution is 7.99. The molecule has 0 saturated carbocycles. The fourth-order valence-corrected chi connectivity index (χ4v) is 3.65. The van der Waals surface area contributed by atoms with Gasteiger partial charge in [-0.15, -0.1) is 0 Å². The molecule has 5 heteroatoms. The van der Waals surface area contributed by atoms with Crippen molar-refractivity contribution in [2.24, 2.45) is 0 Å². The van der Waals surface area contributed by atoms with E-state index in [-0.39, 0.29) is 5.97 Å². The largest absolute Gasteiger partial charge is 0.465 e. The van der Waals surface area contributed by atoms with Crippen molar-refractivity contribution in [1.82, 2.24) is 9.38 Å². The highest BCUT2D eigenvalue weighted by Crippen LogP contribution is 2.37. The standard InChI is InChI=1S/C14H16N2O2S/c1-18-14(17)10-5-6-16-9-11(15-13(16)8-10)12-4-2-3-7-19-12/h5-6,8-9,12H,2-4,7H2,1H3. The number of esters is 1. The second-order valence-corrected chi connectivity index (χ2v) is 6.00. The van der Waals surface area contributed by atoms with E-state index in [0.29, 0.717) is 10.8 Å². The summed E-state index contributed by atoms with van der Waals surface area (Å²) in [5, 5.41) is 0.496. The van der Waals surface area contributed by atoms with Gasteiger partial charge in [0.05, 0.1) is 18.4 Å². The van der Waals surface area contributed by atoms with E-state index in [0.717, 1.165) is 11.3 Å². The molecule has 1 fully saturated rings. The summed E-state index contributed by atoms with van der Waals surface area (Å²) >= 11 is 1.98. The predicted octanol–water partition coefficient (Wildman–Crippen LogP) is 3.08. The Hall–Kier alpha value is -1.49. The maximum atomic E-state index is 11.5. The summed E-state index contributed by atoms with van der Waals surface area (Å²) in [6, 6.07) is 3.54. The third-order valence-corrected chi connectivity index (χ3v) is 4.81. The third-order valence-electron chi connectivity index (χ3n) is 3.41. The van der Waals surface area contributed by atoms with E-state index < -0.39 is 0 Å². The van der Waals surface area contributed by atoms with Gasteiger partial charge in [0.25, 0.3) is 0 Å². The number of thioether (sulfide) groups is 1. The Morgan fingerprint density at radius 3 is 3.16 bits per heavy atom. The Labute approximate surface area is 116 Å². The van der Waals surface area contributed by atoms with Crippen molar-refractivity contribution in [1.29, 1.82) is 0 Å². The summed E-state index contributed by atoms with van der Waals surface area (Å²) < 4.78 is 6.70. The molecule has 3 rings (SSSR count). The molecule has 0 bridgehead atoms. The first kappa shape index (κ1) is 12.5. The van der Waals surface area contributed by atoms with Crippen molar-refractivity contribution in [3.8, 4) is 0 Å². The highest BCUT2D eigenvalue weighted by Gasteiger charge is 2.19. The van der Waals surface area contributed by atoms with Crippen LogP contribution in [-0.2, 0) is 4.74 Å². The van der Waals surface area contributed by atoms with Gasteiger partial charge in [-0.05, 0) is 30.7 Å². The van der Waals surface area contributed by atoms with Gasteiger partial charge < -0.3 is 9.14 Å². The third kappa shape index (κ3) is 2.47. The number of nitrogens with zero attached hydrogens (tertiary/aromatic N) is 2. The van der Waals surface area contributed by atoms with E-state index in [4.69, 9.17) is 4.74 Å². The van der Waals surface area contributed by atoms with Crippen LogP contribution in [0.3, 0.4) is 0 Å². The minimum absolute atomic E-state index is 0.320. The maximum Gasteiger partial charge on any atom is 0.338 e. The van der Waals surface area contributed by atoms with Crippen LogP contribution in [0.25, 0.3) is 5.65 Å². The van der Waals surface area contributed by atoms with Crippen LogP contribution >= 0.6 is 11.8 Å². The quantitative estimate of drug-likeness (QED) is 0.791. The Kier molecular flexibility index (Phi) is 3.46. The fourth-order valence-electron chi connectivity index (χ4n) is 2.38. The number of pyridine rings is 1. The van der Waals surface area contributed by atoms with Gasteiger partial charge in [0.2, 0.25) is 0 Å². The van der Waals surface area contributed by atoms with E-state index in [1.54, 1.807) is 12.1 Å². The monoisotopic (exact) mass is 276 g/mol. The van der Waals surface area contributed by atoms with Crippen molar-refractivity contribution in [3.05, 3.63) is 35.8 Å². The van der Waals surface area contributed by atoms with Crippen LogP contribution in [0.4, 0.5) is 0 Å². The molecule has 0 N–H and O–H groups in total. The molecule has 4 nitrogen and oxygen atoms in total. The molecular formula is C14H16N2O2S. The van der Waals surface area contributed by atoms with Gasteiger partial charge in [-0.3, -0.25) is 0 Å². The normalized spacial score (nSPS) is 19.5. The number of methoxy groups -OCH3 is 1. The smallest absolute Gasteiger partial charge is 0.338 e. The van der Waals surface area contributed by atoms with Crippen molar-refractivity contribution in [2.75, 3.05) is 12.9 Å². The van der Waals surface area contributed by atoms with Crippen molar-refractivity contribution < 1.29 is 9.53 Å². The molecule has 19 heavy (non-hydrogen) atoms. The van der Waals surface area contributed by atoms with Gasteiger partial charge in [-0.2, -0.15) is 11.8 Å². The zero-order chi connectivity index (χ0) is 13.2.